The molecule has 23 heavy (non-hydrogen) atoms. The molecule has 0 aliphatic carbocycles. The second-order valence-electron chi connectivity index (χ2n) is 5.94. The highest BCUT2D eigenvalue weighted by molar-refractivity contribution is 5.92. The molecular weight excluding hydrogens is 286 g/mol. The van der Waals surface area contributed by atoms with Crippen LogP contribution in [0.5, 0.6) is 0 Å². The van der Waals surface area contributed by atoms with Crippen molar-refractivity contribution in [3.8, 4) is 0 Å². The molecule has 3 rings (SSSR count). The van der Waals surface area contributed by atoms with Gasteiger partial charge < -0.3 is 10.2 Å². The summed E-state index contributed by atoms with van der Waals surface area (Å²) in [7, 11) is 0. The van der Waals surface area contributed by atoms with Crippen LogP contribution in [0.3, 0.4) is 0 Å². The number of aromatic nitrogens is 1. The molecule has 0 saturated heterocycles. The van der Waals surface area contributed by atoms with E-state index in [1.54, 1.807) is 6.20 Å². The van der Waals surface area contributed by atoms with Gasteiger partial charge in [-0.15, -0.1) is 0 Å². The number of pyridine rings is 1. The van der Waals surface area contributed by atoms with Gasteiger partial charge in [-0.1, -0.05) is 32.0 Å². The molecule has 2 aromatic rings. The van der Waals surface area contributed by atoms with Crippen LogP contribution in [0, 0.1) is 5.92 Å². The molecule has 0 spiro atoms. The molecule has 4 heteroatoms. The minimum Gasteiger partial charge on any atom is -0.326 e. The fourth-order valence-corrected chi connectivity index (χ4v) is 3.10. The molecule has 1 aromatic heterocycles. The maximum atomic E-state index is 12.1. The first-order chi connectivity index (χ1) is 11.2. The van der Waals surface area contributed by atoms with E-state index in [1.165, 1.54) is 11.3 Å². The van der Waals surface area contributed by atoms with Crippen molar-refractivity contribution in [1.29, 1.82) is 0 Å². The summed E-state index contributed by atoms with van der Waals surface area (Å²) in [5.74, 6) is 1.08. The zero-order chi connectivity index (χ0) is 16.2. The lowest BCUT2D eigenvalue weighted by Gasteiger charge is -2.19. The molecule has 1 aliphatic rings. The zero-order valence-corrected chi connectivity index (χ0v) is 13.7. The SMILES string of the molecule is CCC(CC)C(=O)Nc1ccc(N2CCc3ccccc32)nc1. The smallest absolute Gasteiger partial charge is 0.227 e. The van der Waals surface area contributed by atoms with Crippen LogP contribution in [0.1, 0.15) is 32.3 Å². The van der Waals surface area contributed by atoms with Gasteiger partial charge >= 0.3 is 0 Å². The number of rotatable bonds is 5. The van der Waals surface area contributed by atoms with E-state index in [1.807, 2.05) is 26.0 Å². The summed E-state index contributed by atoms with van der Waals surface area (Å²) in [5, 5.41) is 2.96. The molecule has 0 unspecified atom stereocenters. The summed E-state index contributed by atoms with van der Waals surface area (Å²) in [4.78, 5) is 18.9. The van der Waals surface area contributed by atoms with Gasteiger partial charge in [0.2, 0.25) is 5.91 Å². The van der Waals surface area contributed by atoms with E-state index in [4.69, 9.17) is 0 Å². The van der Waals surface area contributed by atoms with Crippen LogP contribution in [0.25, 0.3) is 0 Å². The van der Waals surface area contributed by atoms with Crippen molar-refractivity contribution in [2.45, 2.75) is 33.1 Å². The summed E-state index contributed by atoms with van der Waals surface area (Å²) in [6.45, 7) is 5.03. The Bertz CT molecular complexity index is 677. The van der Waals surface area contributed by atoms with E-state index in [-0.39, 0.29) is 11.8 Å². The Labute approximate surface area is 137 Å². The molecule has 1 amide bonds. The number of carbonyl (C=O) groups is 1. The lowest BCUT2D eigenvalue weighted by Crippen LogP contribution is -2.22. The van der Waals surface area contributed by atoms with Crippen LogP contribution in [0.4, 0.5) is 17.2 Å². The van der Waals surface area contributed by atoms with Crippen LogP contribution in [-0.4, -0.2) is 17.4 Å². The predicted molar refractivity (Wildman–Crippen MR) is 94.1 cm³/mol. The zero-order valence-electron chi connectivity index (χ0n) is 13.7. The van der Waals surface area contributed by atoms with Gasteiger partial charge in [0, 0.05) is 18.2 Å². The van der Waals surface area contributed by atoms with E-state index in [9.17, 15) is 4.79 Å². The van der Waals surface area contributed by atoms with Crippen molar-refractivity contribution in [2.24, 2.45) is 5.92 Å². The Kier molecular flexibility index (Phi) is 4.60. The molecule has 0 radical (unpaired) electrons. The number of fused-ring (bicyclic) bond motifs is 1. The monoisotopic (exact) mass is 309 g/mol. The molecule has 0 fully saturated rings. The number of hydrogen-bond donors (Lipinski definition) is 1. The maximum Gasteiger partial charge on any atom is 0.227 e. The number of nitrogens with zero attached hydrogens (tertiary/aromatic N) is 2. The highest BCUT2D eigenvalue weighted by Gasteiger charge is 2.20. The highest BCUT2D eigenvalue weighted by atomic mass is 16.1. The van der Waals surface area contributed by atoms with Crippen molar-refractivity contribution < 1.29 is 4.79 Å². The molecule has 0 bridgehead atoms. The van der Waals surface area contributed by atoms with Crippen molar-refractivity contribution in [2.75, 3.05) is 16.8 Å². The van der Waals surface area contributed by atoms with Gasteiger partial charge in [0.1, 0.15) is 5.82 Å². The molecule has 0 atom stereocenters. The second kappa shape index (κ2) is 6.82. The van der Waals surface area contributed by atoms with Gasteiger partial charge in [0.15, 0.2) is 0 Å². The van der Waals surface area contributed by atoms with Gasteiger partial charge in [0.25, 0.3) is 0 Å². The number of para-hydroxylation sites is 1. The van der Waals surface area contributed by atoms with Gasteiger partial charge in [0.05, 0.1) is 11.9 Å². The normalized spacial score (nSPS) is 13.3. The fraction of sp³-hybridized carbons (Fsp3) is 0.368. The summed E-state index contributed by atoms with van der Waals surface area (Å²) in [6, 6.07) is 12.3. The van der Waals surface area contributed by atoms with Crippen molar-refractivity contribution in [3.63, 3.8) is 0 Å². The lowest BCUT2D eigenvalue weighted by molar-refractivity contribution is -0.120. The van der Waals surface area contributed by atoms with E-state index < -0.39 is 0 Å². The van der Waals surface area contributed by atoms with Crippen molar-refractivity contribution in [1.82, 2.24) is 4.98 Å². The number of anilines is 3. The number of benzene rings is 1. The minimum absolute atomic E-state index is 0.0696. The molecular formula is C19H23N3O. The average molecular weight is 309 g/mol. The first-order valence-electron chi connectivity index (χ1n) is 8.35. The molecule has 0 saturated carbocycles. The third kappa shape index (κ3) is 3.21. The Hall–Kier alpha value is -2.36. The highest BCUT2D eigenvalue weighted by Crippen LogP contribution is 2.33. The van der Waals surface area contributed by atoms with E-state index >= 15 is 0 Å². The Morgan fingerprint density at radius 1 is 1.22 bits per heavy atom. The molecule has 120 valence electrons. The van der Waals surface area contributed by atoms with Crippen molar-refractivity contribution in [3.05, 3.63) is 48.2 Å². The molecule has 1 aromatic carbocycles. The molecule has 4 nitrogen and oxygen atoms in total. The first-order valence-corrected chi connectivity index (χ1v) is 8.35. The first kappa shape index (κ1) is 15.5. The Morgan fingerprint density at radius 3 is 2.70 bits per heavy atom. The van der Waals surface area contributed by atoms with Gasteiger partial charge in [-0.05, 0) is 43.0 Å². The lowest BCUT2D eigenvalue weighted by atomic mass is 10.0. The van der Waals surface area contributed by atoms with Crippen LogP contribution in [-0.2, 0) is 11.2 Å². The largest absolute Gasteiger partial charge is 0.326 e. The molecule has 1 aliphatic heterocycles. The van der Waals surface area contributed by atoms with Gasteiger partial charge in [-0.25, -0.2) is 4.98 Å². The maximum absolute atomic E-state index is 12.1. The van der Waals surface area contributed by atoms with E-state index in [0.29, 0.717) is 0 Å². The predicted octanol–water partition coefficient (Wildman–Crippen LogP) is 4.15. The summed E-state index contributed by atoms with van der Waals surface area (Å²) >= 11 is 0. The molecule has 1 N–H and O–H groups in total. The average Bonchev–Trinajstić information content (AvgIpc) is 3.01. The second-order valence-corrected chi connectivity index (χ2v) is 5.94. The van der Waals surface area contributed by atoms with Crippen LogP contribution in [0.15, 0.2) is 42.6 Å². The van der Waals surface area contributed by atoms with Crippen LogP contribution in [0.2, 0.25) is 0 Å². The summed E-state index contributed by atoms with van der Waals surface area (Å²) < 4.78 is 0. The third-order valence-electron chi connectivity index (χ3n) is 4.54. The minimum atomic E-state index is 0.0696. The number of nitrogens with one attached hydrogen (secondary N) is 1. The Morgan fingerprint density at radius 2 is 2.00 bits per heavy atom. The van der Waals surface area contributed by atoms with Crippen LogP contribution >= 0.6 is 0 Å². The summed E-state index contributed by atoms with van der Waals surface area (Å²) in [6.07, 6.45) is 4.51. The Balaban J connectivity index is 1.72. The fourth-order valence-electron chi connectivity index (χ4n) is 3.10. The standard InChI is InChI=1S/C19H23N3O/c1-3-14(4-2)19(23)21-16-9-10-18(20-13-16)22-12-11-15-7-5-6-8-17(15)22/h5-10,13-14H,3-4,11-12H2,1-2H3,(H,21,23). The quantitative estimate of drug-likeness (QED) is 0.902. The summed E-state index contributed by atoms with van der Waals surface area (Å²) in [5.41, 5.74) is 3.35. The van der Waals surface area contributed by atoms with E-state index in [0.717, 1.165) is 37.3 Å². The third-order valence-corrected chi connectivity index (χ3v) is 4.54. The topological polar surface area (TPSA) is 45.2 Å². The van der Waals surface area contributed by atoms with Crippen LogP contribution < -0.4 is 10.2 Å². The van der Waals surface area contributed by atoms with E-state index in [2.05, 4.69) is 39.5 Å². The number of amides is 1. The van der Waals surface area contributed by atoms with Gasteiger partial charge in [-0.3, -0.25) is 4.79 Å². The number of hydrogen-bond acceptors (Lipinski definition) is 3. The van der Waals surface area contributed by atoms with Gasteiger partial charge in [-0.2, -0.15) is 0 Å². The number of carbonyl (C=O) groups excluding carboxylic acids is 1. The van der Waals surface area contributed by atoms with Crippen molar-refractivity contribution >= 4 is 23.1 Å². The molecule has 2 heterocycles.